The highest BCUT2D eigenvalue weighted by atomic mass is 16.8. The fourth-order valence-corrected chi connectivity index (χ4v) is 18.4. The smallest absolute Gasteiger partial charge is 0.364 e. The van der Waals surface area contributed by atoms with Crippen molar-refractivity contribution in [2.75, 3.05) is 39.6 Å². The molecule has 5 fully saturated rings. The lowest BCUT2D eigenvalue weighted by atomic mass is 9.87. The molecule has 0 saturated carbocycles. The van der Waals surface area contributed by atoms with Crippen LogP contribution in [0, 0.1) is 0 Å². The van der Waals surface area contributed by atoms with Gasteiger partial charge in [-0.25, -0.2) is 9.59 Å². The number of ether oxygens (including phenoxy) is 11. The predicted octanol–water partition coefficient (Wildman–Crippen LogP) is 5.12. The van der Waals surface area contributed by atoms with E-state index in [1.165, 1.54) is 154 Å². The highest BCUT2D eigenvalue weighted by molar-refractivity contribution is 5.78. The van der Waals surface area contributed by atoms with E-state index in [-0.39, 0.29) is 12.8 Å². The lowest BCUT2D eigenvalue weighted by molar-refractivity contribution is -0.402. The number of unbranched alkanes of at least 4 members (excludes halogenated alkanes) is 39. The number of nitrogens with one attached hydrogen (secondary N) is 4. The van der Waals surface area contributed by atoms with Crippen LogP contribution in [0.5, 0.6) is 0 Å². The number of rotatable bonds is 73. The van der Waals surface area contributed by atoms with Crippen LogP contribution < -0.4 is 21.3 Å². The van der Waals surface area contributed by atoms with Crippen LogP contribution >= 0.6 is 0 Å². The van der Waals surface area contributed by atoms with E-state index >= 15 is 0 Å². The summed E-state index contributed by atoms with van der Waals surface area (Å²) >= 11 is 0. The number of aliphatic hydroxyl groups excluding tert-OH is 15. The first-order valence-corrected chi connectivity index (χ1v) is 50.7. The first kappa shape index (κ1) is 121. The van der Waals surface area contributed by atoms with Gasteiger partial charge in [0.25, 0.3) is 11.6 Å². The second-order valence-electron chi connectivity index (χ2n) is 37.6. The SMILES string of the molecule is CCCCCCCCCCCCC/C=C/C(OC(=O)CCCCCCCCCCCCCCCCC)C(CO[C@@H]1O[C@H](CO)[C@@H](O[C@@H]2O[C@H](CO)[C@H](O[C@@H]3O[C@H](CO)[C@H](O)[C@H](O)[C@H]3NC(C)=O)[C@H](O[C@@]3(C(=O)O)C[C@@H](O)[C@H](NC(C)=O)C([C@@H](O)[C@@H](CO)O[C@@]4(C(=O)O)C[C@@H](O)[C@H](NC(C)=O)C([C@@H](O)[C@H](O)CO)O4)O3)[C@H]2O)[C@H](O)[C@H]1O)NC(=O)CCCCCCCCCCCCCCCCC. The summed E-state index contributed by atoms with van der Waals surface area (Å²) in [7, 11) is 0. The monoisotopic (exact) mass is 1940 g/mol. The molecule has 5 rings (SSSR count). The van der Waals surface area contributed by atoms with Crippen LogP contribution in [-0.4, -0.2) is 345 Å². The van der Waals surface area contributed by atoms with E-state index in [9.17, 15) is 120 Å². The van der Waals surface area contributed by atoms with E-state index in [0.29, 0.717) is 19.3 Å². The molecule has 0 radical (unpaired) electrons. The highest BCUT2D eigenvalue weighted by Crippen LogP contribution is 2.43. The van der Waals surface area contributed by atoms with E-state index in [4.69, 9.17) is 52.1 Å². The molecule has 5 heterocycles. The fraction of sp³-hybridized carbons (Fsp3) is 0.906. The Labute approximate surface area is 797 Å². The zero-order chi connectivity index (χ0) is 99.4. The number of carboxylic acid groups (broad SMARTS) is 2. The molecular formula is C96H172N4O35. The molecule has 4 amide bonds. The molecule has 39 heteroatoms. The first-order valence-electron chi connectivity index (χ1n) is 50.7. The Morgan fingerprint density at radius 1 is 0.415 bits per heavy atom. The number of hydrogen-bond acceptors (Lipinski definition) is 33. The maximum atomic E-state index is 14.3. The van der Waals surface area contributed by atoms with Crippen molar-refractivity contribution in [3.8, 4) is 0 Å². The minimum absolute atomic E-state index is 0.0696. The van der Waals surface area contributed by atoms with Crippen LogP contribution in [-0.2, 0) is 85.7 Å². The maximum absolute atomic E-state index is 14.3. The quantitative estimate of drug-likeness (QED) is 0.0213. The standard InChI is InChI=1S/C96H172N4O35/c1-7-10-13-16-19-22-25-28-30-33-36-39-42-45-48-51-73(112)100-64(68(50-47-44-41-38-35-32-27-24-21-18-15-12-9-3)126-74(113)52-49-46-43-40-37-34-31-29-26-23-20-17-14-11-8-2)60-125-91-83(119)82(118)85(71(58-104)128-91)130-92-84(120)89(86(72(59-105)129-92)131-90-77(99-63(6)108)81(117)79(115)69(56-102)127-90)135-96(94(123)124)54-66(110)76(98-62(5)107)88(134-96)80(116)70(57-103)132-95(93(121)122)53-65(109)75(97-61(4)106)87(133-95)78(114)67(111)55-101/h47,50,64-72,75-92,101-105,109-111,114-120H,7-46,48-49,51-60H2,1-6H3,(H,97,106)(H,98,107)(H,99,108)(H,100,112)(H,121,122)(H,123,124)/b50-47+/t64?,65-,66-,67-,68?,69-,70-,71-,72-,75+,76+,77-,78+,79+,80+,81-,82-,83-,84-,85-,86+,87?,88?,89-,90+,91-,92+,95+,96-/m1/s1. The maximum Gasteiger partial charge on any atom is 0.364 e. The Morgan fingerprint density at radius 2 is 0.807 bits per heavy atom. The number of hydrogen-bond donors (Lipinski definition) is 21. The third-order valence-electron chi connectivity index (χ3n) is 26.2. The highest BCUT2D eigenvalue weighted by Gasteiger charge is 2.64. The van der Waals surface area contributed by atoms with Crippen LogP contribution in [0.1, 0.15) is 337 Å². The van der Waals surface area contributed by atoms with Gasteiger partial charge in [-0.05, 0) is 31.8 Å². The first-order chi connectivity index (χ1) is 64.8. The fourth-order valence-electron chi connectivity index (χ4n) is 18.4. The number of allylic oxidation sites excluding steroid dienone is 1. The van der Waals surface area contributed by atoms with Gasteiger partial charge >= 0.3 is 17.9 Å². The Bertz CT molecular complexity index is 3290. The van der Waals surface area contributed by atoms with Gasteiger partial charge < -0.3 is 160 Å². The topological polar surface area (TPSA) is 613 Å². The van der Waals surface area contributed by atoms with Gasteiger partial charge in [-0.1, -0.05) is 271 Å². The molecule has 0 bridgehead atoms. The number of carbonyl (C=O) groups excluding carboxylic acids is 5. The summed E-state index contributed by atoms with van der Waals surface area (Å²) in [6.07, 6.45) is -2.80. The van der Waals surface area contributed by atoms with Crippen molar-refractivity contribution in [2.45, 2.75) is 514 Å². The minimum atomic E-state index is -3.61. The summed E-state index contributed by atoms with van der Waals surface area (Å²) in [5.41, 5.74) is 0. The number of amides is 4. The van der Waals surface area contributed by atoms with Crippen LogP contribution in [0.25, 0.3) is 0 Å². The molecule has 5 aliphatic rings. The zero-order valence-electron chi connectivity index (χ0n) is 81.0. The largest absolute Gasteiger partial charge is 0.477 e. The Hall–Kier alpha value is -4.97. The molecule has 39 nitrogen and oxygen atoms in total. The summed E-state index contributed by atoms with van der Waals surface area (Å²) in [5.74, 6) is -15.2. The average Bonchev–Trinajstić information content (AvgIpc) is 0.777. The number of aliphatic carboxylic acids is 2. The van der Waals surface area contributed by atoms with E-state index in [0.717, 1.165) is 117 Å². The zero-order valence-corrected chi connectivity index (χ0v) is 81.0. The van der Waals surface area contributed by atoms with Gasteiger partial charge in [-0.2, -0.15) is 0 Å². The van der Waals surface area contributed by atoms with Crippen molar-refractivity contribution in [1.82, 2.24) is 21.3 Å². The van der Waals surface area contributed by atoms with Gasteiger partial charge in [0, 0.05) is 46.5 Å². The normalized spacial score (nSPS) is 30.2. The summed E-state index contributed by atoms with van der Waals surface area (Å²) in [5, 5.41) is 204. The molecule has 0 spiro atoms. The van der Waals surface area contributed by atoms with Crippen molar-refractivity contribution in [3.05, 3.63) is 12.2 Å². The van der Waals surface area contributed by atoms with Gasteiger partial charge in [0.1, 0.15) is 116 Å². The van der Waals surface area contributed by atoms with Crippen molar-refractivity contribution in [3.63, 3.8) is 0 Å². The summed E-state index contributed by atoms with van der Waals surface area (Å²) < 4.78 is 67.2. The van der Waals surface area contributed by atoms with E-state index in [2.05, 4.69) is 42.0 Å². The molecule has 29 atom stereocenters. The third-order valence-corrected chi connectivity index (χ3v) is 26.2. The molecule has 5 aliphatic heterocycles. The summed E-state index contributed by atoms with van der Waals surface area (Å²) in [6.45, 7) is 2.72. The van der Waals surface area contributed by atoms with Gasteiger partial charge in [-0.3, -0.25) is 24.0 Å². The second-order valence-corrected chi connectivity index (χ2v) is 37.6. The van der Waals surface area contributed by atoms with Gasteiger partial charge in [0.05, 0.1) is 70.0 Å². The lowest BCUT2D eigenvalue weighted by Gasteiger charge is -2.52. The van der Waals surface area contributed by atoms with Crippen LogP contribution in [0.15, 0.2) is 12.2 Å². The minimum Gasteiger partial charge on any atom is -0.477 e. The van der Waals surface area contributed by atoms with Crippen molar-refractivity contribution in [1.29, 1.82) is 0 Å². The second kappa shape index (κ2) is 66.7. The summed E-state index contributed by atoms with van der Waals surface area (Å²) in [4.78, 5) is 94.5. The van der Waals surface area contributed by atoms with Crippen LogP contribution in [0.4, 0.5) is 0 Å². The van der Waals surface area contributed by atoms with E-state index in [1.807, 2.05) is 6.08 Å². The van der Waals surface area contributed by atoms with Crippen LogP contribution in [0.2, 0.25) is 0 Å². The molecule has 5 saturated heterocycles. The number of aliphatic hydroxyl groups is 15. The molecule has 0 aromatic heterocycles. The molecular weight excluding hydrogens is 1770 g/mol. The van der Waals surface area contributed by atoms with Gasteiger partial charge in [0.15, 0.2) is 18.9 Å². The van der Waals surface area contributed by atoms with E-state index < -0.39 is 271 Å². The Kier molecular flexibility index (Phi) is 59.6. The van der Waals surface area contributed by atoms with Crippen molar-refractivity contribution in [2.24, 2.45) is 0 Å². The van der Waals surface area contributed by atoms with Gasteiger partial charge in [0.2, 0.25) is 23.6 Å². The van der Waals surface area contributed by atoms with Crippen molar-refractivity contribution < 1.29 is 172 Å². The molecule has 0 aromatic rings. The molecule has 0 aromatic carbocycles. The molecule has 135 heavy (non-hydrogen) atoms. The predicted molar refractivity (Wildman–Crippen MR) is 491 cm³/mol. The van der Waals surface area contributed by atoms with Crippen molar-refractivity contribution >= 4 is 41.5 Å². The molecule has 21 N–H and O–H groups in total. The van der Waals surface area contributed by atoms with Gasteiger partial charge in [-0.15, -0.1) is 0 Å². The van der Waals surface area contributed by atoms with E-state index in [1.54, 1.807) is 6.08 Å². The number of carboxylic acids is 2. The lowest BCUT2D eigenvalue weighted by Crippen LogP contribution is -2.72. The molecule has 786 valence electrons. The Balaban J connectivity index is 1.49. The number of carbonyl (C=O) groups is 7. The average molecular weight is 1940 g/mol. The van der Waals surface area contributed by atoms with Crippen LogP contribution in [0.3, 0.4) is 0 Å². The Morgan fingerprint density at radius 3 is 1.24 bits per heavy atom. The number of esters is 1. The molecule has 4 unspecified atom stereocenters. The molecule has 0 aliphatic carbocycles. The third kappa shape index (κ3) is 41.1. The summed E-state index contributed by atoms with van der Waals surface area (Å²) in [6, 6.07) is -6.85.